The molecule has 1 aromatic carbocycles. The number of hydrogen-bond acceptors (Lipinski definition) is 3. The highest BCUT2D eigenvalue weighted by Gasteiger charge is 2.26. The molecular weight excluding hydrogens is 214 g/mol. The minimum atomic E-state index is -0.341. The largest absolute Gasteiger partial charge is 0.378 e. The number of rotatable bonds is 2. The van der Waals surface area contributed by atoms with Crippen molar-refractivity contribution in [3.63, 3.8) is 0 Å². The fourth-order valence-electron chi connectivity index (χ4n) is 2.10. The second-order valence-corrected chi connectivity index (χ2v) is 4.65. The van der Waals surface area contributed by atoms with Crippen LogP contribution in [-0.4, -0.2) is 32.6 Å². The molecule has 0 aromatic heterocycles. The van der Waals surface area contributed by atoms with Crippen LogP contribution in [0.1, 0.15) is 12.8 Å². The van der Waals surface area contributed by atoms with Crippen LogP contribution in [0.15, 0.2) is 24.3 Å². The number of nitrogens with two attached hydrogens (primary N) is 1. The molecule has 0 aliphatic carbocycles. The molecule has 2 rings (SSSR count). The summed E-state index contributed by atoms with van der Waals surface area (Å²) in [6.07, 6.45) is 1.77. The summed E-state index contributed by atoms with van der Waals surface area (Å²) < 4.78 is 0. The predicted molar refractivity (Wildman–Crippen MR) is 70.3 cm³/mol. The van der Waals surface area contributed by atoms with Crippen LogP contribution in [0, 0.1) is 0 Å². The molecule has 2 N–H and O–H groups in total. The zero-order valence-corrected chi connectivity index (χ0v) is 10.4. The summed E-state index contributed by atoms with van der Waals surface area (Å²) in [5, 5.41) is 0. The van der Waals surface area contributed by atoms with E-state index in [1.165, 1.54) is 0 Å². The summed E-state index contributed by atoms with van der Waals surface area (Å²) in [4.78, 5) is 15.8. The van der Waals surface area contributed by atoms with Crippen molar-refractivity contribution in [3.05, 3.63) is 24.3 Å². The molecule has 1 unspecified atom stereocenters. The van der Waals surface area contributed by atoms with Gasteiger partial charge >= 0.3 is 0 Å². The van der Waals surface area contributed by atoms with Gasteiger partial charge in [0.15, 0.2) is 0 Å². The maximum absolute atomic E-state index is 12.0. The van der Waals surface area contributed by atoms with Crippen molar-refractivity contribution in [1.29, 1.82) is 0 Å². The third kappa shape index (κ3) is 2.42. The van der Waals surface area contributed by atoms with Crippen molar-refractivity contribution in [2.75, 3.05) is 30.4 Å². The van der Waals surface area contributed by atoms with Crippen molar-refractivity contribution >= 4 is 17.3 Å². The van der Waals surface area contributed by atoms with Crippen LogP contribution in [0.4, 0.5) is 11.4 Å². The Hall–Kier alpha value is -1.55. The minimum absolute atomic E-state index is 0.0344. The standard InChI is InChI=1S/C13H19N3O/c1-15(2)10-5-3-6-11(9-10)16-8-4-7-12(14)13(16)17/h3,5-6,9,12H,4,7-8,14H2,1-2H3. The van der Waals surface area contributed by atoms with Crippen LogP contribution in [0.25, 0.3) is 0 Å². The third-order valence-corrected chi connectivity index (χ3v) is 3.14. The van der Waals surface area contributed by atoms with Gasteiger partial charge in [-0.1, -0.05) is 6.07 Å². The normalized spacial score (nSPS) is 20.5. The van der Waals surface area contributed by atoms with Crippen LogP contribution >= 0.6 is 0 Å². The first kappa shape index (κ1) is 11.9. The first-order valence-electron chi connectivity index (χ1n) is 5.94. The van der Waals surface area contributed by atoms with Gasteiger partial charge in [-0.15, -0.1) is 0 Å². The molecule has 92 valence electrons. The Morgan fingerprint density at radius 1 is 1.41 bits per heavy atom. The first-order chi connectivity index (χ1) is 8.09. The topological polar surface area (TPSA) is 49.6 Å². The Kier molecular flexibility index (Phi) is 3.33. The number of carbonyl (C=O) groups excluding carboxylic acids is 1. The average Bonchev–Trinajstić information content (AvgIpc) is 2.33. The second-order valence-electron chi connectivity index (χ2n) is 4.65. The maximum atomic E-state index is 12.0. The van der Waals surface area contributed by atoms with Gasteiger partial charge in [-0.25, -0.2) is 0 Å². The number of amides is 1. The van der Waals surface area contributed by atoms with Crippen LogP contribution in [0.3, 0.4) is 0 Å². The highest BCUT2D eigenvalue weighted by Crippen LogP contribution is 2.24. The highest BCUT2D eigenvalue weighted by atomic mass is 16.2. The summed E-state index contributed by atoms with van der Waals surface area (Å²) in [6.45, 7) is 0.767. The Morgan fingerprint density at radius 2 is 2.18 bits per heavy atom. The molecule has 1 atom stereocenters. The smallest absolute Gasteiger partial charge is 0.243 e. The molecule has 1 fully saturated rings. The number of nitrogens with zero attached hydrogens (tertiary/aromatic N) is 2. The van der Waals surface area contributed by atoms with E-state index in [0.29, 0.717) is 0 Å². The molecular formula is C13H19N3O. The van der Waals surface area contributed by atoms with Crippen molar-refractivity contribution < 1.29 is 4.79 Å². The Balaban J connectivity index is 2.27. The van der Waals surface area contributed by atoms with E-state index in [-0.39, 0.29) is 11.9 Å². The monoisotopic (exact) mass is 233 g/mol. The van der Waals surface area contributed by atoms with E-state index in [0.717, 1.165) is 30.8 Å². The summed E-state index contributed by atoms with van der Waals surface area (Å²) in [7, 11) is 3.98. The number of hydrogen-bond donors (Lipinski definition) is 1. The second kappa shape index (κ2) is 4.75. The Morgan fingerprint density at radius 3 is 2.88 bits per heavy atom. The van der Waals surface area contributed by atoms with Gasteiger partial charge in [0.25, 0.3) is 0 Å². The quantitative estimate of drug-likeness (QED) is 0.835. The lowest BCUT2D eigenvalue weighted by atomic mass is 10.0. The number of anilines is 2. The molecule has 1 heterocycles. The van der Waals surface area contributed by atoms with E-state index < -0.39 is 0 Å². The maximum Gasteiger partial charge on any atom is 0.243 e. The molecule has 0 bridgehead atoms. The molecule has 1 amide bonds. The van der Waals surface area contributed by atoms with Gasteiger partial charge in [-0.05, 0) is 31.0 Å². The van der Waals surface area contributed by atoms with Crippen LogP contribution < -0.4 is 15.5 Å². The molecule has 0 radical (unpaired) electrons. The van der Waals surface area contributed by atoms with E-state index in [9.17, 15) is 4.79 Å². The fourth-order valence-corrected chi connectivity index (χ4v) is 2.10. The average molecular weight is 233 g/mol. The van der Waals surface area contributed by atoms with Crippen LogP contribution in [0.5, 0.6) is 0 Å². The third-order valence-electron chi connectivity index (χ3n) is 3.14. The Bertz CT molecular complexity index is 417. The van der Waals surface area contributed by atoms with Crippen molar-refractivity contribution in [2.45, 2.75) is 18.9 Å². The lowest BCUT2D eigenvalue weighted by Crippen LogP contribution is -2.48. The summed E-state index contributed by atoms with van der Waals surface area (Å²) in [6, 6.07) is 7.64. The van der Waals surface area contributed by atoms with E-state index in [2.05, 4.69) is 0 Å². The van der Waals surface area contributed by atoms with Gasteiger partial charge in [0.05, 0.1) is 6.04 Å². The van der Waals surface area contributed by atoms with E-state index in [1.54, 1.807) is 4.90 Å². The predicted octanol–water partition coefficient (Wildman–Crippen LogP) is 1.21. The number of carbonyl (C=O) groups is 1. The summed E-state index contributed by atoms with van der Waals surface area (Å²) in [5.74, 6) is 0.0344. The van der Waals surface area contributed by atoms with Crippen LogP contribution in [-0.2, 0) is 4.79 Å². The van der Waals surface area contributed by atoms with Crippen molar-refractivity contribution in [2.24, 2.45) is 5.73 Å². The molecule has 4 nitrogen and oxygen atoms in total. The first-order valence-corrected chi connectivity index (χ1v) is 5.94. The molecule has 1 saturated heterocycles. The minimum Gasteiger partial charge on any atom is -0.378 e. The van der Waals surface area contributed by atoms with E-state index in [1.807, 2.05) is 43.3 Å². The number of piperidine rings is 1. The van der Waals surface area contributed by atoms with E-state index in [4.69, 9.17) is 5.73 Å². The van der Waals surface area contributed by atoms with Gasteiger partial charge in [0, 0.05) is 32.0 Å². The lowest BCUT2D eigenvalue weighted by Gasteiger charge is -2.31. The number of benzene rings is 1. The highest BCUT2D eigenvalue weighted by molar-refractivity contribution is 5.98. The summed E-state index contributed by atoms with van der Waals surface area (Å²) >= 11 is 0. The van der Waals surface area contributed by atoms with Gasteiger partial charge in [-0.2, -0.15) is 0 Å². The lowest BCUT2D eigenvalue weighted by molar-refractivity contribution is -0.120. The molecule has 0 spiro atoms. The Labute approximate surface area is 102 Å². The molecule has 1 aliphatic heterocycles. The molecule has 0 saturated carbocycles. The van der Waals surface area contributed by atoms with Gasteiger partial charge in [0.2, 0.25) is 5.91 Å². The SMILES string of the molecule is CN(C)c1cccc(N2CCCC(N)C2=O)c1. The molecule has 4 heteroatoms. The van der Waals surface area contributed by atoms with Crippen molar-refractivity contribution in [3.8, 4) is 0 Å². The van der Waals surface area contributed by atoms with Crippen molar-refractivity contribution in [1.82, 2.24) is 0 Å². The molecule has 1 aromatic rings. The zero-order chi connectivity index (χ0) is 12.4. The zero-order valence-electron chi connectivity index (χ0n) is 10.4. The molecule has 17 heavy (non-hydrogen) atoms. The molecule has 1 aliphatic rings. The van der Waals surface area contributed by atoms with Crippen LogP contribution in [0.2, 0.25) is 0 Å². The van der Waals surface area contributed by atoms with E-state index >= 15 is 0 Å². The fraction of sp³-hybridized carbons (Fsp3) is 0.462. The summed E-state index contributed by atoms with van der Waals surface area (Å²) in [5.41, 5.74) is 7.84. The van der Waals surface area contributed by atoms with Gasteiger partial charge in [-0.3, -0.25) is 4.79 Å². The van der Waals surface area contributed by atoms with Gasteiger partial charge in [0.1, 0.15) is 0 Å². The van der Waals surface area contributed by atoms with Gasteiger partial charge < -0.3 is 15.5 Å².